The molecule has 0 aliphatic rings. The number of benzene rings is 1. The van der Waals surface area contributed by atoms with Crippen molar-refractivity contribution in [2.24, 2.45) is 0 Å². The van der Waals surface area contributed by atoms with E-state index in [4.69, 9.17) is 9.15 Å². The first-order valence-electron chi connectivity index (χ1n) is 7.49. The number of methoxy groups -OCH3 is 1. The molecule has 1 heterocycles. The molecular formula is C17H21FN2O4. The maximum atomic E-state index is 13.2. The van der Waals surface area contributed by atoms with E-state index in [-0.39, 0.29) is 31.5 Å². The summed E-state index contributed by atoms with van der Waals surface area (Å²) in [5.41, 5.74) is 0.533. The lowest BCUT2D eigenvalue weighted by atomic mass is 10.2. The lowest BCUT2D eigenvalue weighted by Gasteiger charge is -2.29. The Hall–Kier alpha value is -2.38. The molecule has 0 aliphatic carbocycles. The molecule has 24 heavy (non-hydrogen) atoms. The van der Waals surface area contributed by atoms with Crippen LogP contribution in [0.2, 0.25) is 0 Å². The van der Waals surface area contributed by atoms with Crippen LogP contribution in [0, 0.1) is 5.82 Å². The molecule has 6 nitrogen and oxygen atoms in total. The van der Waals surface area contributed by atoms with Crippen molar-refractivity contribution in [3.8, 4) is 0 Å². The second kappa shape index (κ2) is 8.47. The number of anilines is 1. The van der Waals surface area contributed by atoms with Crippen LogP contribution in [-0.2, 0) is 11.3 Å². The number of amides is 2. The summed E-state index contributed by atoms with van der Waals surface area (Å²) in [5, 5.41) is 9.81. The predicted octanol–water partition coefficient (Wildman–Crippen LogP) is 2.48. The molecule has 0 fully saturated rings. The minimum atomic E-state index is -0.789. The first-order chi connectivity index (χ1) is 11.5. The van der Waals surface area contributed by atoms with E-state index in [9.17, 15) is 14.3 Å². The third kappa shape index (κ3) is 4.81. The molecule has 2 rings (SSSR count). The van der Waals surface area contributed by atoms with Gasteiger partial charge in [0.25, 0.3) is 0 Å². The van der Waals surface area contributed by atoms with Gasteiger partial charge >= 0.3 is 6.03 Å². The zero-order valence-corrected chi connectivity index (χ0v) is 13.7. The Morgan fingerprint density at radius 3 is 2.62 bits per heavy atom. The minimum Gasteiger partial charge on any atom is -0.467 e. The Morgan fingerprint density at radius 1 is 1.33 bits per heavy atom. The number of ether oxygens (including phenoxy) is 1. The fourth-order valence-corrected chi connectivity index (χ4v) is 2.29. The number of rotatable bonds is 7. The molecule has 0 saturated carbocycles. The van der Waals surface area contributed by atoms with Gasteiger partial charge in [0, 0.05) is 19.8 Å². The molecule has 2 amide bonds. The second-order valence-corrected chi connectivity index (χ2v) is 5.41. The molecule has 0 radical (unpaired) electrons. The van der Waals surface area contributed by atoms with Crippen LogP contribution in [0.5, 0.6) is 0 Å². The molecule has 0 saturated heterocycles. The summed E-state index contributed by atoms with van der Waals surface area (Å²) in [4.78, 5) is 15.6. The number of aliphatic hydroxyl groups excluding tert-OH is 1. The third-order valence-corrected chi connectivity index (χ3v) is 3.43. The van der Waals surface area contributed by atoms with Gasteiger partial charge in [-0.1, -0.05) is 0 Å². The summed E-state index contributed by atoms with van der Waals surface area (Å²) >= 11 is 0. The highest BCUT2D eigenvalue weighted by atomic mass is 19.1. The maximum absolute atomic E-state index is 13.2. The second-order valence-electron chi connectivity index (χ2n) is 5.41. The fraction of sp³-hybridized carbons (Fsp3) is 0.353. The topological polar surface area (TPSA) is 66.2 Å². The van der Waals surface area contributed by atoms with E-state index in [0.29, 0.717) is 11.4 Å². The van der Waals surface area contributed by atoms with Crippen LogP contribution in [0.4, 0.5) is 14.9 Å². The molecule has 1 N–H and O–H groups in total. The lowest BCUT2D eigenvalue weighted by Crippen LogP contribution is -2.44. The predicted molar refractivity (Wildman–Crippen MR) is 87.2 cm³/mol. The summed E-state index contributed by atoms with van der Waals surface area (Å²) in [6, 6.07) is 8.77. The van der Waals surface area contributed by atoms with Gasteiger partial charge in [0.2, 0.25) is 0 Å². The van der Waals surface area contributed by atoms with E-state index in [0.717, 1.165) is 0 Å². The number of halogens is 1. The summed E-state index contributed by atoms with van der Waals surface area (Å²) in [5.74, 6) is 0.214. The van der Waals surface area contributed by atoms with Crippen LogP contribution in [0.1, 0.15) is 5.76 Å². The quantitative estimate of drug-likeness (QED) is 0.844. The standard InChI is InChI=1S/C17H21FN2O4/c1-19(10-15(21)12-23-2)17(22)20(11-16-4-3-9-24-16)14-7-5-13(18)6-8-14/h3-9,15,21H,10-12H2,1-2H3/t15-/m0/s1. The molecule has 2 aromatic rings. The number of hydrogen-bond donors (Lipinski definition) is 1. The number of likely N-dealkylation sites (N-methyl/N-ethyl adjacent to an activating group) is 1. The number of carbonyl (C=O) groups excluding carboxylic acids is 1. The van der Waals surface area contributed by atoms with Crippen LogP contribution >= 0.6 is 0 Å². The molecule has 0 unspecified atom stereocenters. The average Bonchev–Trinajstić information content (AvgIpc) is 3.06. The van der Waals surface area contributed by atoms with Crippen molar-refractivity contribution in [3.63, 3.8) is 0 Å². The lowest BCUT2D eigenvalue weighted by molar-refractivity contribution is 0.0495. The Labute approximate surface area is 140 Å². The van der Waals surface area contributed by atoms with Crippen molar-refractivity contribution >= 4 is 11.7 Å². The van der Waals surface area contributed by atoms with E-state index < -0.39 is 6.10 Å². The van der Waals surface area contributed by atoms with Gasteiger partial charge in [0.1, 0.15) is 11.6 Å². The maximum Gasteiger partial charge on any atom is 0.324 e. The van der Waals surface area contributed by atoms with E-state index in [2.05, 4.69) is 0 Å². The zero-order valence-electron chi connectivity index (χ0n) is 13.7. The highest BCUT2D eigenvalue weighted by molar-refractivity contribution is 5.91. The van der Waals surface area contributed by atoms with E-state index in [1.165, 1.54) is 47.4 Å². The normalized spacial score (nSPS) is 12.0. The van der Waals surface area contributed by atoms with Gasteiger partial charge in [-0.05, 0) is 36.4 Å². The van der Waals surface area contributed by atoms with Crippen molar-refractivity contribution in [2.75, 3.05) is 32.2 Å². The molecule has 130 valence electrons. The molecule has 7 heteroatoms. The van der Waals surface area contributed by atoms with Crippen LogP contribution in [-0.4, -0.2) is 49.5 Å². The number of carbonyl (C=O) groups is 1. The van der Waals surface area contributed by atoms with Crippen molar-refractivity contribution in [3.05, 3.63) is 54.2 Å². The van der Waals surface area contributed by atoms with E-state index in [1.807, 2.05) is 0 Å². The van der Waals surface area contributed by atoms with Gasteiger partial charge in [-0.15, -0.1) is 0 Å². The SMILES string of the molecule is COC[C@@H](O)CN(C)C(=O)N(Cc1ccco1)c1ccc(F)cc1. The highest BCUT2D eigenvalue weighted by Crippen LogP contribution is 2.20. The summed E-state index contributed by atoms with van der Waals surface area (Å²) < 4.78 is 23.3. The van der Waals surface area contributed by atoms with Crippen LogP contribution < -0.4 is 4.90 Å². The Balaban J connectivity index is 2.17. The Morgan fingerprint density at radius 2 is 2.04 bits per heavy atom. The Bertz CT molecular complexity index is 631. The average molecular weight is 336 g/mol. The van der Waals surface area contributed by atoms with Gasteiger partial charge in [-0.2, -0.15) is 0 Å². The monoisotopic (exact) mass is 336 g/mol. The molecule has 0 bridgehead atoms. The number of furan rings is 1. The van der Waals surface area contributed by atoms with Crippen LogP contribution in [0.3, 0.4) is 0 Å². The van der Waals surface area contributed by atoms with E-state index in [1.54, 1.807) is 19.2 Å². The highest BCUT2D eigenvalue weighted by Gasteiger charge is 2.23. The van der Waals surface area contributed by atoms with Gasteiger partial charge in [0.05, 0.1) is 32.1 Å². The van der Waals surface area contributed by atoms with E-state index >= 15 is 0 Å². The van der Waals surface area contributed by atoms with Gasteiger partial charge in [-0.3, -0.25) is 4.90 Å². The first-order valence-corrected chi connectivity index (χ1v) is 7.49. The van der Waals surface area contributed by atoms with Crippen molar-refractivity contribution in [1.82, 2.24) is 4.90 Å². The molecule has 1 aromatic carbocycles. The molecular weight excluding hydrogens is 315 g/mol. The Kier molecular flexibility index (Phi) is 6.34. The molecule has 0 aliphatic heterocycles. The van der Waals surface area contributed by atoms with Crippen molar-refractivity contribution in [2.45, 2.75) is 12.6 Å². The molecule has 1 aromatic heterocycles. The van der Waals surface area contributed by atoms with Crippen LogP contribution in [0.25, 0.3) is 0 Å². The van der Waals surface area contributed by atoms with Crippen LogP contribution in [0.15, 0.2) is 47.1 Å². The largest absolute Gasteiger partial charge is 0.467 e. The van der Waals surface area contributed by atoms with Gasteiger partial charge in [0.15, 0.2) is 0 Å². The minimum absolute atomic E-state index is 0.114. The summed E-state index contributed by atoms with van der Waals surface area (Å²) in [6.45, 7) is 0.442. The van der Waals surface area contributed by atoms with Crippen molar-refractivity contribution in [1.29, 1.82) is 0 Å². The smallest absolute Gasteiger partial charge is 0.324 e. The first kappa shape index (κ1) is 18.0. The van der Waals surface area contributed by atoms with Gasteiger partial charge in [-0.25, -0.2) is 9.18 Å². The molecule has 1 atom stereocenters. The summed E-state index contributed by atoms with van der Waals surface area (Å²) in [7, 11) is 3.06. The number of nitrogens with zero attached hydrogens (tertiary/aromatic N) is 2. The number of aliphatic hydroxyl groups is 1. The summed E-state index contributed by atoms with van der Waals surface area (Å²) in [6.07, 6.45) is 0.733. The fourth-order valence-electron chi connectivity index (χ4n) is 2.29. The third-order valence-electron chi connectivity index (χ3n) is 3.43. The number of urea groups is 1. The molecule has 0 spiro atoms. The van der Waals surface area contributed by atoms with Gasteiger partial charge < -0.3 is 19.2 Å². The zero-order chi connectivity index (χ0) is 17.5. The van der Waals surface area contributed by atoms with Crippen molar-refractivity contribution < 1.29 is 23.4 Å². The number of hydrogen-bond acceptors (Lipinski definition) is 4.